The molecule has 0 aromatic carbocycles. The molecule has 0 aromatic heterocycles. The van der Waals surface area contributed by atoms with Gasteiger partial charge in [0, 0.05) is 6.54 Å². The number of carbonyl (C=O) groups excluding carboxylic acids is 1. The minimum Gasteiger partial charge on any atom is -0.394 e. The molecule has 1 amide bonds. The summed E-state index contributed by atoms with van der Waals surface area (Å²) >= 11 is 0. The number of carbonyl (C=O) groups is 1. The third kappa shape index (κ3) is 6.20. The largest absolute Gasteiger partial charge is 0.394 e. The van der Waals surface area contributed by atoms with Crippen LogP contribution in [-0.2, 0) is 4.79 Å². The van der Waals surface area contributed by atoms with E-state index in [-0.39, 0.29) is 42.9 Å². The van der Waals surface area contributed by atoms with Crippen molar-refractivity contribution in [3.8, 4) is 0 Å². The summed E-state index contributed by atoms with van der Waals surface area (Å²) in [5, 5.41) is 12.2. The summed E-state index contributed by atoms with van der Waals surface area (Å²) in [5.41, 5.74) is 5.52. The van der Waals surface area contributed by atoms with Crippen molar-refractivity contribution in [2.75, 3.05) is 26.2 Å². The van der Waals surface area contributed by atoms with Gasteiger partial charge in [-0.3, -0.25) is 4.79 Å². The number of aliphatic hydroxyl groups excluding tert-OH is 1. The maximum Gasteiger partial charge on any atom is 0.239 e. The topological polar surface area (TPSA) is 78.6 Å². The molecule has 22 heavy (non-hydrogen) atoms. The van der Waals surface area contributed by atoms with Crippen molar-refractivity contribution in [1.82, 2.24) is 10.2 Å². The van der Waals surface area contributed by atoms with Crippen LogP contribution in [0.15, 0.2) is 0 Å². The molecule has 4 N–H and O–H groups in total. The fraction of sp³-hybridized carbons (Fsp3) is 0.933. The van der Waals surface area contributed by atoms with Gasteiger partial charge in [-0.1, -0.05) is 25.7 Å². The number of nitrogens with two attached hydrogens (primary N) is 1. The van der Waals surface area contributed by atoms with Crippen LogP contribution in [0.4, 0.5) is 0 Å². The molecule has 0 spiro atoms. The molecule has 1 atom stereocenters. The SMILES string of the molecule is Cl.Cl.N[C@@H](CO)C(=O)NC1(CN2CCCCC2)CCCCC1. The fourth-order valence-corrected chi connectivity index (χ4v) is 3.53. The number of aliphatic hydroxyl groups is 1. The number of piperidine rings is 1. The quantitative estimate of drug-likeness (QED) is 0.697. The summed E-state index contributed by atoms with van der Waals surface area (Å²) < 4.78 is 0. The molecule has 1 saturated carbocycles. The second-order valence-electron chi connectivity index (χ2n) is 6.46. The first-order valence-electron chi connectivity index (χ1n) is 8.06. The molecule has 0 aromatic rings. The van der Waals surface area contributed by atoms with Gasteiger partial charge in [-0.05, 0) is 38.8 Å². The van der Waals surface area contributed by atoms with E-state index < -0.39 is 6.04 Å². The van der Waals surface area contributed by atoms with Crippen molar-refractivity contribution >= 4 is 30.7 Å². The highest BCUT2D eigenvalue weighted by Crippen LogP contribution is 2.30. The van der Waals surface area contributed by atoms with Gasteiger partial charge in [0.25, 0.3) is 0 Å². The molecule has 2 rings (SSSR count). The molecule has 1 heterocycles. The van der Waals surface area contributed by atoms with Crippen molar-refractivity contribution in [2.24, 2.45) is 5.73 Å². The number of nitrogens with one attached hydrogen (secondary N) is 1. The Labute approximate surface area is 146 Å². The monoisotopic (exact) mass is 355 g/mol. The van der Waals surface area contributed by atoms with Crippen molar-refractivity contribution in [3.05, 3.63) is 0 Å². The number of likely N-dealkylation sites (tertiary alicyclic amines) is 1. The van der Waals surface area contributed by atoms with E-state index in [2.05, 4.69) is 10.2 Å². The van der Waals surface area contributed by atoms with Crippen LogP contribution < -0.4 is 11.1 Å². The predicted octanol–water partition coefficient (Wildman–Crippen LogP) is 1.45. The third-order valence-corrected chi connectivity index (χ3v) is 4.71. The highest BCUT2D eigenvalue weighted by Gasteiger charge is 2.36. The van der Waals surface area contributed by atoms with Crippen molar-refractivity contribution in [1.29, 1.82) is 0 Å². The van der Waals surface area contributed by atoms with Crippen LogP contribution >= 0.6 is 24.8 Å². The zero-order valence-corrected chi connectivity index (χ0v) is 14.9. The molecule has 132 valence electrons. The average Bonchev–Trinajstić information content (AvgIpc) is 2.48. The smallest absolute Gasteiger partial charge is 0.239 e. The van der Waals surface area contributed by atoms with E-state index in [1.165, 1.54) is 38.5 Å². The summed E-state index contributed by atoms with van der Waals surface area (Å²) in [6.07, 6.45) is 9.51. The molecule has 2 aliphatic rings. The summed E-state index contributed by atoms with van der Waals surface area (Å²) in [7, 11) is 0. The van der Waals surface area contributed by atoms with Gasteiger partial charge in [-0.25, -0.2) is 0 Å². The van der Waals surface area contributed by atoms with Crippen LogP contribution in [0, 0.1) is 0 Å². The fourth-order valence-electron chi connectivity index (χ4n) is 3.53. The minimum absolute atomic E-state index is 0. The molecule has 1 aliphatic heterocycles. The second-order valence-corrected chi connectivity index (χ2v) is 6.46. The lowest BCUT2D eigenvalue weighted by Crippen LogP contribution is -2.60. The Kier molecular flexibility index (Phi) is 10.6. The second kappa shape index (κ2) is 10.7. The van der Waals surface area contributed by atoms with E-state index in [4.69, 9.17) is 10.8 Å². The van der Waals surface area contributed by atoms with Gasteiger partial charge >= 0.3 is 0 Å². The van der Waals surface area contributed by atoms with Crippen LogP contribution in [0.5, 0.6) is 0 Å². The zero-order chi connectivity index (χ0) is 14.4. The first-order valence-corrected chi connectivity index (χ1v) is 8.06. The lowest BCUT2D eigenvalue weighted by atomic mass is 9.80. The summed E-state index contributed by atoms with van der Waals surface area (Å²) in [4.78, 5) is 14.6. The molecule has 0 radical (unpaired) electrons. The number of halogens is 2. The first kappa shape index (κ1) is 21.9. The van der Waals surface area contributed by atoms with Crippen LogP contribution in [0.3, 0.4) is 0 Å². The van der Waals surface area contributed by atoms with Crippen LogP contribution in [-0.4, -0.2) is 53.7 Å². The Morgan fingerprint density at radius 3 is 2.18 bits per heavy atom. The Hall–Kier alpha value is -0.0700. The van der Waals surface area contributed by atoms with E-state index in [0.29, 0.717) is 0 Å². The molecule has 1 saturated heterocycles. The standard InChI is InChI=1S/C15H29N3O2.2ClH/c16-13(11-19)14(20)17-15(7-3-1-4-8-15)12-18-9-5-2-6-10-18;;/h13,19H,1-12,16H2,(H,17,20);2*1H/t13-;;/m0../s1. The maximum absolute atomic E-state index is 12.1. The summed E-state index contributed by atoms with van der Waals surface area (Å²) in [5.74, 6) is -0.202. The molecule has 2 fully saturated rings. The summed E-state index contributed by atoms with van der Waals surface area (Å²) in [6, 6.07) is -0.796. The van der Waals surface area contributed by atoms with Gasteiger partial charge in [0.15, 0.2) is 0 Å². The summed E-state index contributed by atoms with van der Waals surface area (Å²) in [6.45, 7) is 2.94. The van der Waals surface area contributed by atoms with Crippen LogP contribution in [0.2, 0.25) is 0 Å². The van der Waals surface area contributed by atoms with Gasteiger partial charge in [0.1, 0.15) is 6.04 Å². The highest BCUT2D eigenvalue weighted by molar-refractivity contribution is 5.85. The Balaban J connectivity index is 0.00000220. The van der Waals surface area contributed by atoms with Gasteiger partial charge < -0.3 is 21.1 Å². The lowest BCUT2D eigenvalue weighted by Gasteiger charge is -2.43. The van der Waals surface area contributed by atoms with Crippen LogP contribution in [0.1, 0.15) is 51.4 Å². The number of hydrogen-bond donors (Lipinski definition) is 3. The predicted molar refractivity (Wildman–Crippen MR) is 93.8 cm³/mol. The molecule has 5 nitrogen and oxygen atoms in total. The molecule has 1 aliphatic carbocycles. The maximum atomic E-state index is 12.1. The molecule has 0 bridgehead atoms. The Morgan fingerprint density at radius 2 is 1.64 bits per heavy atom. The van der Waals surface area contributed by atoms with Gasteiger partial charge in [-0.2, -0.15) is 0 Å². The number of nitrogens with zero attached hydrogens (tertiary/aromatic N) is 1. The molecule has 0 unspecified atom stereocenters. The van der Waals surface area contributed by atoms with Gasteiger partial charge in [0.2, 0.25) is 5.91 Å². The average molecular weight is 356 g/mol. The number of amides is 1. The molecule has 7 heteroatoms. The lowest BCUT2D eigenvalue weighted by molar-refractivity contribution is -0.126. The number of hydrogen-bond acceptors (Lipinski definition) is 4. The molecular weight excluding hydrogens is 325 g/mol. The Morgan fingerprint density at radius 1 is 1.09 bits per heavy atom. The van der Waals surface area contributed by atoms with Gasteiger partial charge in [0.05, 0.1) is 12.1 Å². The Bertz CT molecular complexity index is 320. The normalized spacial score (nSPS) is 22.8. The molecular formula is C15H31Cl2N3O2. The zero-order valence-electron chi connectivity index (χ0n) is 13.3. The van der Waals surface area contributed by atoms with E-state index >= 15 is 0 Å². The first-order chi connectivity index (χ1) is 9.65. The van der Waals surface area contributed by atoms with Crippen molar-refractivity contribution < 1.29 is 9.90 Å². The highest BCUT2D eigenvalue weighted by atomic mass is 35.5. The van der Waals surface area contributed by atoms with Crippen molar-refractivity contribution in [2.45, 2.75) is 62.9 Å². The van der Waals surface area contributed by atoms with E-state index in [9.17, 15) is 4.79 Å². The van der Waals surface area contributed by atoms with E-state index in [0.717, 1.165) is 32.5 Å². The van der Waals surface area contributed by atoms with Crippen molar-refractivity contribution in [3.63, 3.8) is 0 Å². The van der Waals surface area contributed by atoms with Crippen LogP contribution in [0.25, 0.3) is 0 Å². The third-order valence-electron chi connectivity index (χ3n) is 4.71. The van der Waals surface area contributed by atoms with Gasteiger partial charge in [-0.15, -0.1) is 24.8 Å². The number of rotatable bonds is 5. The van der Waals surface area contributed by atoms with E-state index in [1.54, 1.807) is 0 Å². The van der Waals surface area contributed by atoms with E-state index in [1.807, 2.05) is 0 Å². The minimum atomic E-state index is -0.796.